The van der Waals surface area contributed by atoms with Crippen molar-refractivity contribution >= 4 is 0 Å². The highest BCUT2D eigenvalue weighted by Gasteiger charge is 2.07. The second-order valence-corrected chi connectivity index (χ2v) is 2.89. The molecule has 0 nitrogen and oxygen atoms in total. The highest BCUT2D eigenvalue weighted by atomic mass is 14.1. The van der Waals surface area contributed by atoms with Crippen molar-refractivity contribution in [3.05, 3.63) is 12.7 Å². The largest absolute Gasteiger partial charge is 0.0953 e. The van der Waals surface area contributed by atoms with Crippen LogP contribution in [0.2, 0.25) is 0 Å². The lowest BCUT2D eigenvalue weighted by atomic mass is 10.0. The molecule has 0 aliphatic heterocycles. The summed E-state index contributed by atoms with van der Waals surface area (Å²) in [7, 11) is 0. The van der Waals surface area contributed by atoms with Gasteiger partial charge in [-0.25, -0.2) is 0 Å². The smallest absolute Gasteiger partial charge is 0.0165 e. The highest BCUT2D eigenvalue weighted by molar-refractivity contribution is 4.72. The SMILES string of the molecule is C=[C]C1CCCCCC1. The van der Waals surface area contributed by atoms with Crippen LogP contribution in [0.3, 0.4) is 0 Å². The Kier molecular flexibility index (Phi) is 2.82. The lowest BCUT2D eigenvalue weighted by molar-refractivity contribution is 0.546. The summed E-state index contributed by atoms with van der Waals surface area (Å²) >= 11 is 0. The van der Waals surface area contributed by atoms with Crippen molar-refractivity contribution in [3.63, 3.8) is 0 Å². The molecule has 0 aromatic heterocycles. The molecule has 51 valence electrons. The maximum absolute atomic E-state index is 3.70. The van der Waals surface area contributed by atoms with E-state index in [1.54, 1.807) is 0 Å². The van der Waals surface area contributed by atoms with Crippen molar-refractivity contribution in [2.45, 2.75) is 38.5 Å². The molecule has 1 rings (SSSR count). The van der Waals surface area contributed by atoms with Crippen molar-refractivity contribution in [2.24, 2.45) is 5.92 Å². The van der Waals surface area contributed by atoms with Gasteiger partial charge in [0.25, 0.3) is 0 Å². The second-order valence-electron chi connectivity index (χ2n) is 2.89. The molecule has 0 aromatic carbocycles. The molecular formula is C9H15. The number of hydrogen-bond donors (Lipinski definition) is 0. The van der Waals surface area contributed by atoms with Crippen molar-refractivity contribution in [1.82, 2.24) is 0 Å². The van der Waals surface area contributed by atoms with E-state index in [0.717, 1.165) is 0 Å². The van der Waals surface area contributed by atoms with Crippen LogP contribution in [0.4, 0.5) is 0 Å². The highest BCUT2D eigenvalue weighted by Crippen LogP contribution is 2.22. The van der Waals surface area contributed by atoms with Gasteiger partial charge >= 0.3 is 0 Å². The number of hydrogen-bond acceptors (Lipinski definition) is 0. The van der Waals surface area contributed by atoms with Gasteiger partial charge in [-0.15, -0.1) is 0 Å². The molecule has 1 saturated carbocycles. The summed E-state index contributed by atoms with van der Waals surface area (Å²) in [5.74, 6) is 0.715. The maximum atomic E-state index is 3.70. The summed E-state index contributed by atoms with van der Waals surface area (Å²) < 4.78 is 0. The summed E-state index contributed by atoms with van der Waals surface area (Å²) in [6.45, 7) is 3.70. The lowest BCUT2D eigenvalue weighted by Crippen LogP contribution is -1.92. The fraction of sp³-hybridized carbons (Fsp3) is 0.778. The first kappa shape index (κ1) is 6.85. The summed E-state index contributed by atoms with van der Waals surface area (Å²) in [4.78, 5) is 0. The van der Waals surface area contributed by atoms with Crippen LogP contribution < -0.4 is 0 Å². The Bertz CT molecular complexity index is 76.0. The molecular weight excluding hydrogens is 108 g/mol. The number of rotatable bonds is 1. The Morgan fingerprint density at radius 1 is 1.00 bits per heavy atom. The molecule has 0 aromatic rings. The summed E-state index contributed by atoms with van der Waals surface area (Å²) in [6.07, 6.45) is 11.4. The molecule has 1 aliphatic carbocycles. The Morgan fingerprint density at radius 3 is 2.00 bits per heavy atom. The topological polar surface area (TPSA) is 0 Å². The van der Waals surface area contributed by atoms with Crippen LogP contribution in [0, 0.1) is 12.0 Å². The minimum Gasteiger partial charge on any atom is -0.0953 e. The zero-order chi connectivity index (χ0) is 6.53. The lowest BCUT2D eigenvalue weighted by Gasteiger charge is -2.04. The Morgan fingerprint density at radius 2 is 1.56 bits per heavy atom. The molecule has 0 saturated heterocycles. The van der Waals surface area contributed by atoms with Gasteiger partial charge in [0.2, 0.25) is 0 Å². The zero-order valence-corrected chi connectivity index (χ0v) is 6.03. The molecule has 0 bridgehead atoms. The first-order chi connectivity index (χ1) is 4.43. The monoisotopic (exact) mass is 123 g/mol. The summed E-state index contributed by atoms with van der Waals surface area (Å²) in [6, 6.07) is 0. The van der Waals surface area contributed by atoms with E-state index in [4.69, 9.17) is 0 Å². The fourth-order valence-corrected chi connectivity index (χ4v) is 1.48. The normalized spacial score (nSPS) is 23.1. The first-order valence-corrected chi connectivity index (χ1v) is 3.96. The van der Waals surface area contributed by atoms with Crippen LogP contribution in [-0.4, -0.2) is 0 Å². The third kappa shape index (κ3) is 2.21. The zero-order valence-electron chi connectivity index (χ0n) is 6.03. The van der Waals surface area contributed by atoms with Gasteiger partial charge in [-0.05, 0) is 24.8 Å². The van der Waals surface area contributed by atoms with E-state index >= 15 is 0 Å². The van der Waals surface area contributed by atoms with Gasteiger partial charge in [-0.1, -0.05) is 32.3 Å². The van der Waals surface area contributed by atoms with Crippen LogP contribution in [0.25, 0.3) is 0 Å². The van der Waals surface area contributed by atoms with E-state index in [0.29, 0.717) is 5.92 Å². The molecule has 1 fully saturated rings. The van der Waals surface area contributed by atoms with Gasteiger partial charge in [-0.3, -0.25) is 0 Å². The van der Waals surface area contributed by atoms with Crippen LogP contribution in [0.1, 0.15) is 38.5 Å². The van der Waals surface area contributed by atoms with E-state index < -0.39 is 0 Å². The molecule has 1 radical (unpaired) electrons. The average Bonchev–Trinajstić information content (AvgIpc) is 2.13. The Balaban J connectivity index is 2.26. The van der Waals surface area contributed by atoms with E-state index in [9.17, 15) is 0 Å². The van der Waals surface area contributed by atoms with Crippen LogP contribution in [0.15, 0.2) is 6.58 Å². The van der Waals surface area contributed by atoms with E-state index in [1.165, 1.54) is 38.5 Å². The van der Waals surface area contributed by atoms with Gasteiger partial charge in [-0.2, -0.15) is 0 Å². The van der Waals surface area contributed by atoms with Gasteiger partial charge in [0.1, 0.15) is 0 Å². The van der Waals surface area contributed by atoms with E-state index in [-0.39, 0.29) is 0 Å². The van der Waals surface area contributed by atoms with Crippen molar-refractivity contribution in [1.29, 1.82) is 0 Å². The van der Waals surface area contributed by atoms with Gasteiger partial charge in [0.15, 0.2) is 0 Å². The predicted molar refractivity (Wildman–Crippen MR) is 40.1 cm³/mol. The second kappa shape index (κ2) is 3.71. The maximum Gasteiger partial charge on any atom is -0.0165 e. The van der Waals surface area contributed by atoms with Crippen molar-refractivity contribution in [3.8, 4) is 0 Å². The third-order valence-corrected chi connectivity index (χ3v) is 2.14. The molecule has 9 heavy (non-hydrogen) atoms. The summed E-state index contributed by atoms with van der Waals surface area (Å²) in [5, 5.41) is 0. The Labute approximate surface area is 58.0 Å². The molecule has 1 aliphatic rings. The van der Waals surface area contributed by atoms with Gasteiger partial charge in [0, 0.05) is 0 Å². The quantitative estimate of drug-likeness (QED) is 0.470. The minimum atomic E-state index is 0.715. The molecule has 0 heterocycles. The van der Waals surface area contributed by atoms with Gasteiger partial charge in [0.05, 0.1) is 0 Å². The van der Waals surface area contributed by atoms with Crippen molar-refractivity contribution in [2.75, 3.05) is 0 Å². The molecule has 0 unspecified atom stereocenters. The molecule has 0 heteroatoms. The molecule has 0 atom stereocenters. The average molecular weight is 123 g/mol. The van der Waals surface area contributed by atoms with Crippen molar-refractivity contribution < 1.29 is 0 Å². The third-order valence-electron chi connectivity index (χ3n) is 2.14. The van der Waals surface area contributed by atoms with E-state index in [2.05, 4.69) is 12.7 Å². The minimum absolute atomic E-state index is 0.715. The predicted octanol–water partition coefficient (Wildman–Crippen LogP) is 2.95. The summed E-state index contributed by atoms with van der Waals surface area (Å²) in [5.41, 5.74) is 0. The van der Waals surface area contributed by atoms with Crippen LogP contribution in [-0.2, 0) is 0 Å². The van der Waals surface area contributed by atoms with E-state index in [1.807, 2.05) is 0 Å². The first-order valence-electron chi connectivity index (χ1n) is 3.96. The van der Waals surface area contributed by atoms with Crippen LogP contribution >= 0.6 is 0 Å². The molecule has 0 N–H and O–H groups in total. The number of allylic oxidation sites excluding steroid dienone is 1. The van der Waals surface area contributed by atoms with Crippen LogP contribution in [0.5, 0.6) is 0 Å². The standard InChI is InChI=1S/C9H15/c1-2-9-7-5-3-4-6-8-9/h9H,1,3-8H2. The molecule has 0 amide bonds. The molecule has 0 spiro atoms. The van der Waals surface area contributed by atoms with Gasteiger partial charge < -0.3 is 0 Å². The Hall–Kier alpha value is -0.260. The fourth-order valence-electron chi connectivity index (χ4n) is 1.48.